The number of hydrogen-bond acceptors (Lipinski definition) is 5. The van der Waals surface area contributed by atoms with Gasteiger partial charge in [-0.15, -0.1) is 11.8 Å². The summed E-state index contributed by atoms with van der Waals surface area (Å²) in [7, 11) is 0. The highest BCUT2D eigenvalue weighted by Crippen LogP contribution is 2.13. The number of carbonyl (C=O) groups excluding carboxylic acids is 1. The number of H-pyrrole nitrogens is 1. The molecule has 0 fully saturated rings. The molecule has 1 aromatic rings. The quantitative estimate of drug-likeness (QED) is 0.482. The van der Waals surface area contributed by atoms with E-state index in [0.717, 1.165) is 11.8 Å². The van der Waals surface area contributed by atoms with Gasteiger partial charge in [-0.1, -0.05) is 0 Å². The second-order valence-electron chi connectivity index (χ2n) is 3.15. The van der Waals surface area contributed by atoms with Crippen LogP contribution in [-0.2, 0) is 9.59 Å². The van der Waals surface area contributed by atoms with Crippen LogP contribution in [0.1, 0.15) is 6.92 Å². The molecule has 0 aliphatic heterocycles. The first-order valence-electron chi connectivity index (χ1n) is 4.66. The molecule has 1 atom stereocenters. The largest absolute Gasteiger partial charge is 0.480 e. The number of rotatable bonds is 5. The van der Waals surface area contributed by atoms with Gasteiger partial charge in [0, 0.05) is 18.7 Å². The normalized spacial score (nSPS) is 11.8. The van der Waals surface area contributed by atoms with Crippen molar-refractivity contribution in [3.05, 3.63) is 22.7 Å². The van der Waals surface area contributed by atoms with Crippen molar-refractivity contribution in [1.82, 2.24) is 15.3 Å². The number of carboxylic acids is 1. The molecular formula is C9H11N3O4S. The summed E-state index contributed by atoms with van der Waals surface area (Å²) in [5.41, 5.74) is -0.311. The number of nitrogens with zero attached hydrogens (tertiary/aromatic N) is 1. The maximum Gasteiger partial charge on any atom is 0.327 e. The Morgan fingerprint density at radius 1 is 1.65 bits per heavy atom. The molecule has 1 heterocycles. The van der Waals surface area contributed by atoms with E-state index in [1.807, 2.05) is 0 Å². The molecular weight excluding hydrogens is 246 g/mol. The number of hydrogen-bond donors (Lipinski definition) is 3. The summed E-state index contributed by atoms with van der Waals surface area (Å²) in [4.78, 5) is 38.7. The van der Waals surface area contributed by atoms with Gasteiger partial charge in [-0.25, -0.2) is 9.78 Å². The molecule has 0 saturated heterocycles. The summed E-state index contributed by atoms with van der Waals surface area (Å²) >= 11 is 1.09. The fraction of sp³-hybridized carbons (Fsp3) is 0.333. The van der Waals surface area contributed by atoms with Gasteiger partial charge in [0.2, 0.25) is 5.91 Å². The highest BCUT2D eigenvalue weighted by molar-refractivity contribution is 7.99. The third-order valence-electron chi connectivity index (χ3n) is 1.73. The van der Waals surface area contributed by atoms with Crippen molar-refractivity contribution in [2.24, 2.45) is 0 Å². The third-order valence-corrected chi connectivity index (χ3v) is 2.75. The number of aliphatic carboxylic acids is 1. The van der Waals surface area contributed by atoms with E-state index in [-0.39, 0.29) is 11.3 Å². The summed E-state index contributed by atoms with van der Waals surface area (Å²) in [5, 5.41) is 11.5. The van der Waals surface area contributed by atoms with Crippen molar-refractivity contribution in [3.63, 3.8) is 0 Å². The topological polar surface area (TPSA) is 112 Å². The van der Waals surface area contributed by atoms with Crippen LogP contribution in [0.25, 0.3) is 0 Å². The van der Waals surface area contributed by atoms with E-state index in [4.69, 9.17) is 5.11 Å². The van der Waals surface area contributed by atoms with Gasteiger partial charge in [-0.3, -0.25) is 9.59 Å². The lowest BCUT2D eigenvalue weighted by molar-refractivity contribution is -0.140. The molecule has 0 aliphatic rings. The first-order valence-corrected chi connectivity index (χ1v) is 5.65. The molecule has 17 heavy (non-hydrogen) atoms. The van der Waals surface area contributed by atoms with E-state index in [0.29, 0.717) is 5.03 Å². The van der Waals surface area contributed by atoms with Gasteiger partial charge in [-0.2, -0.15) is 0 Å². The van der Waals surface area contributed by atoms with Gasteiger partial charge < -0.3 is 15.4 Å². The summed E-state index contributed by atoms with van der Waals surface area (Å²) in [5.74, 6) is -1.44. The summed E-state index contributed by atoms with van der Waals surface area (Å²) in [6.45, 7) is 1.24. The summed E-state index contributed by atoms with van der Waals surface area (Å²) in [6.07, 6.45) is 1.23. The molecule has 1 amide bonds. The van der Waals surface area contributed by atoms with E-state index in [9.17, 15) is 14.4 Å². The molecule has 7 nitrogen and oxygen atoms in total. The molecule has 0 saturated carbocycles. The van der Waals surface area contributed by atoms with Crippen LogP contribution >= 0.6 is 11.8 Å². The number of aromatic nitrogens is 2. The Hall–Kier alpha value is -1.83. The molecule has 0 unspecified atom stereocenters. The number of carboxylic acid groups (broad SMARTS) is 1. The van der Waals surface area contributed by atoms with Crippen LogP contribution in [0.15, 0.2) is 22.2 Å². The molecule has 0 bridgehead atoms. The average molecular weight is 257 g/mol. The highest BCUT2D eigenvalue weighted by atomic mass is 32.2. The minimum Gasteiger partial charge on any atom is -0.480 e. The van der Waals surface area contributed by atoms with Gasteiger partial charge in [-0.05, 0) is 0 Å². The number of thioether (sulfide) groups is 1. The van der Waals surface area contributed by atoms with Crippen molar-refractivity contribution in [1.29, 1.82) is 0 Å². The van der Waals surface area contributed by atoms with Crippen LogP contribution in [0.2, 0.25) is 0 Å². The van der Waals surface area contributed by atoms with Gasteiger partial charge in [0.25, 0.3) is 5.56 Å². The van der Waals surface area contributed by atoms with Crippen LogP contribution < -0.4 is 10.9 Å². The number of carbonyl (C=O) groups is 2. The minimum atomic E-state index is -1.13. The number of aromatic amines is 1. The second-order valence-corrected chi connectivity index (χ2v) is 4.19. The van der Waals surface area contributed by atoms with Crippen LogP contribution in [0.4, 0.5) is 0 Å². The molecule has 0 spiro atoms. The fourth-order valence-electron chi connectivity index (χ4n) is 1.02. The van der Waals surface area contributed by atoms with Crippen molar-refractivity contribution >= 4 is 23.6 Å². The average Bonchev–Trinajstić information content (AvgIpc) is 2.23. The van der Waals surface area contributed by atoms with E-state index >= 15 is 0 Å². The monoisotopic (exact) mass is 257 g/mol. The minimum absolute atomic E-state index is 0.103. The van der Waals surface area contributed by atoms with Gasteiger partial charge in [0.15, 0.2) is 0 Å². The summed E-state index contributed by atoms with van der Waals surface area (Å²) in [6, 6.07) is 0.260. The lowest BCUT2D eigenvalue weighted by Crippen LogP contribution is -2.41. The van der Waals surface area contributed by atoms with Gasteiger partial charge >= 0.3 is 5.97 Å². The number of nitrogens with one attached hydrogen (secondary N) is 2. The number of amides is 1. The first kappa shape index (κ1) is 13.2. The molecule has 0 aromatic carbocycles. The first-order chi connectivity index (χ1) is 7.99. The van der Waals surface area contributed by atoms with E-state index in [2.05, 4.69) is 15.3 Å². The van der Waals surface area contributed by atoms with Crippen LogP contribution in [0, 0.1) is 0 Å². The van der Waals surface area contributed by atoms with Crippen molar-refractivity contribution in [2.45, 2.75) is 18.0 Å². The Bertz CT molecular complexity index is 473. The van der Waals surface area contributed by atoms with Gasteiger partial charge in [0.05, 0.1) is 6.33 Å². The molecule has 0 aliphatic carbocycles. The Labute approximate surface area is 101 Å². The molecule has 1 aromatic heterocycles. The molecule has 92 valence electrons. The van der Waals surface area contributed by atoms with Crippen molar-refractivity contribution in [2.75, 3.05) is 5.75 Å². The van der Waals surface area contributed by atoms with Crippen LogP contribution in [0.3, 0.4) is 0 Å². The lowest BCUT2D eigenvalue weighted by Gasteiger charge is -2.11. The van der Waals surface area contributed by atoms with E-state index in [1.54, 1.807) is 0 Å². The SMILES string of the molecule is CC(=O)N[C@@H](CSc1cc(=O)[nH]cn1)C(=O)O. The smallest absolute Gasteiger partial charge is 0.327 e. The van der Waals surface area contributed by atoms with Crippen molar-refractivity contribution < 1.29 is 14.7 Å². The fourth-order valence-corrected chi connectivity index (χ4v) is 1.90. The van der Waals surface area contributed by atoms with E-state index < -0.39 is 17.9 Å². The van der Waals surface area contributed by atoms with E-state index in [1.165, 1.54) is 19.3 Å². The Balaban J connectivity index is 2.60. The zero-order chi connectivity index (χ0) is 12.8. The summed E-state index contributed by atoms with van der Waals surface area (Å²) < 4.78 is 0. The maximum absolute atomic E-state index is 11.0. The second kappa shape index (κ2) is 6.04. The maximum atomic E-state index is 11.0. The standard InChI is InChI=1S/C9H11N3O4S/c1-5(13)12-6(9(15)16)3-17-8-2-7(14)10-4-11-8/h2,4,6H,3H2,1H3,(H,12,13)(H,15,16)(H,10,11,14)/t6-/m0/s1. The van der Waals surface area contributed by atoms with Gasteiger partial charge in [0.1, 0.15) is 11.1 Å². The zero-order valence-electron chi connectivity index (χ0n) is 8.97. The lowest BCUT2D eigenvalue weighted by atomic mass is 10.3. The molecule has 0 radical (unpaired) electrons. The molecule has 3 N–H and O–H groups in total. The Morgan fingerprint density at radius 3 is 2.88 bits per heavy atom. The van der Waals surface area contributed by atoms with Crippen LogP contribution in [0.5, 0.6) is 0 Å². The predicted octanol–water partition coefficient (Wildman–Crippen LogP) is -0.549. The Morgan fingerprint density at radius 2 is 2.35 bits per heavy atom. The van der Waals surface area contributed by atoms with Crippen LogP contribution in [-0.4, -0.2) is 38.7 Å². The highest BCUT2D eigenvalue weighted by Gasteiger charge is 2.18. The Kier molecular flexibility index (Phi) is 4.70. The molecule has 8 heteroatoms. The third kappa shape index (κ3) is 4.68. The van der Waals surface area contributed by atoms with Crippen molar-refractivity contribution in [3.8, 4) is 0 Å². The predicted molar refractivity (Wildman–Crippen MR) is 60.8 cm³/mol. The molecule has 1 rings (SSSR count). The zero-order valence-corrected chi connectivity index (χ0v) is 9.78.